The standard InChI is InChI=1S/C22H24N2O6/c1-14(2)12-28-17-7-5-6-15(10-17)22(25)29-13-20-23-21(24-30-20)18-9-8-16(26-3)11-19(18)27-4/h5-11,14H,12-13H2,1-4H3. The third-order valence-corrected chi connectivity index (χ3v) is 4.10. The molecule has 158 valence electrons. The molecule has 0 bridgehead atoms. The molecular formula is C22H24N2O6. The van der Waals surface area contributed by atoms with E-state index in [1.165, 1.54) is 0 Å². The Morgan fingerprint density at radius 2 is 1.90 bits per heavy atom. The maximum absolute atomic E-state index is 12.4. The Morgan fingerprint density at radius 1 is 1.07 bits per heavy atom. The Labute approximate surface area is 174 Å². The van der Waals surface area contributed by atoms with Crippen LogP contribution in [0, 0.1) is 5.92 Å². The molecule has 8 nitrogen and oxygen atoms in total. The Hall–Kier alpha value is -3.55. The summed E-state index contributed by atoms with van der Waals surface area (Å²) in [7, 11) is 3.11. The molecule has 0 unspecified atom stereocenters. The van der Waals surface area contributed by atoms with Crippen LogP contribution in [0.2, 0.25) is 0 Å². The Balaban J connectivity index is 1.64. The molecule has 0 fully saturated rings. The second-order valence-corrected chi connectivity index (χ2v) is 6.89. The molecule has 8 heteroatoms. The molecule has 0 aliphatic rings. The summed E-state index contributed by atoms with van der Waals surface area (Å²) in [6.07, 6.45) is 0. The van der Waals surface area contributed by atoms with E-state index in [2.05, 4.69) is 24.0 Å². The first-order valence-corrected chi connectivity index (χ1v) is 9.45. The number of carbonyl (C=O) groups excluding carboxylic acids is 1. The van der Waals surface area contributed by atoms with Gasteiger partial charge in [-0.25, -0.2) is 4.79 Å². The average molecular weight is 412 g/mol. The lowest BCUT2D eigenvalue weighted by molar-refractivity contribution is 0.0429. The van der Waals surface area contributed by atoms with Crippen LogP contribution in [-0.4, -0.2) is 36.9 Å². The Bertz CT molecular complexity index is 999. The summed E-state index contributed by atoms with van der Waals surface area (Å²) in [6, 6.07) is 12.1. The first-order chi connectivity index (χ1) is 14.5. The van der Waals surface area contributed by atoms with Crippen molar-refractivity contribution in [2.75, 3.05) is 20.8 Å². The predicted molar refractivity (Wildman–Crippen MR) is 109 cm³/mol. The lowest BCUT2D eigenvalue weighted by atomic mass is 10.2. The number of ether oxygens (including phenoxy) is 4. The zero-order valence-electron chi connectivity index (χ0n) is 17.4. The highest BCUT2D eigenvalue weighted by atomic mass is 16.6. The van der Waals surface area contributed by atoms with Crippen LogP contribution in [0.3, 0.4) is 0 Å². The van der Waals surface area contributed by atoms with Crippen LogP contribution in [0.4, 0.5) is 0 Å². The molecule has 0 N–H and O–H groups in total. The predicted octanol–water partition coefficient (Wildman–Crippen LogP) is 4.15. The molecule has 0 saturated carbocycles. The molecule has 0 aliphatic carbocycles. The van der Waals surface area contributed by atoms with Crippen molar-refractivity contribution in [3.8, 4) is 28.6 Å². The number of carbonyl (C=O) groups is 1. The second-order valence-electron chi connectivity index (χ2n) is 6.89. The third-order valence-electron chi connectivity index (χ3n) is 4.10. The van der Waals surface area contributed by atoms with Crippen LogP contribution >= 0.6 is 0 Å². The SMILES string of the molecule is COc1ccc(-c2noc(COC(=O)c3cccc(OCC(C)C)c3)n2)c(OC)c1. The summed E-state index contributed by atoms with van der Waals surface area (Å²) in [5, 5.41) is 3.94. The number of rotatable bonds is 9. The summed E-state index contributed by atoms with van der Waals surface area (Å²) >= 11 is 0. The van der Waals surface area contributed by atoms with Crippen molar-refractivity contribution >= 4 is 5.97 Å². The molecule has 0 aliphatic heterocycles. The maximum Gasteiger partial charge on any atom is 0.338 e. The van der Waals surface area contributed by atoms with Crippen molar-refractivity contribution in [3.05, 3.63) is 53.9 Å². The Morgan fingerprint density at radius 3 is 2.63 bits per heavy atom. The van der Waals surface area contributed by atoms with Crippen LogP contribution < -0.4 is 14.2 Å². The largest absolute Gasteiger partial charge is 0.497 e. The van der Waals surface area contributed by atoms with E-state index < -0.39 is 5.97 Å². The minimum absolute atomic E-state index is 0.151. The summed E-state index contributed by atoms with van der Waals surface area (Å²) in [5.41, 5.74) is 1.02. The number of methoxy groups -OCH3 is 2. The molecule has 0 radical (unpaired) electrons. The topological polar surface area (TPSA) is 92.9 Å². The van der Waals surface area contributed by atoms with Crippen molar-refractivity contribution in [1.29, 1.82) is 0 Å². The van der Waals surface area contributed by atoms with Crippen LogP contribution in [-0.2, 0) is 11.3 Å². The van der Waals surface area contributed by atoms with E-state index in [1.807, 2.05) is 0 Å². The number of benzene rings is 2. The van der Waals surface area contributed by atoms with Gasteiger partial charge >= 0.3 is 5.97 Å². The number of nitrogens with zero attached hydrogens (tertiary/aromatic N) is 2. The van der Waals surface area contributed by atoms with Gasteiger partial charge in [-0.15, -0.1) is 0 Å². The fraction of sp³-hybridized carbons (Fsp3) is 0.318. The van der Waals surface area contributed by atoms with Gasteiger partial charge in [-0.1, -0.05) is 25.1 Å². The van der Waals surface area contributed by atoms with E-state index in [9.17, 15) is 4.79 Å². The van der Waals surface area contributed by atoms with Crippen molar-refractivity contribution < 1.29 is 28.3 Å². The molecule has 3 rings (SSSR count). The van der Waals surface area contributed by atoms with Gasteiger partial charge in [-0.2, -0.15) is 4.98 Å². The van der Waals surface area contributed by atoms with Crippen molar-refractivity contribution in [1.82, 2.24) is 10.1 Å². The molecule has 2 aromatic carbocycles. The van der Waals surface area contributed by atoms with Gasteiger partial charge in [0.25, 0.3) is 5.89 Å². The number of hydrogen-bond acceptors (Lipinski definition) is 8. The summed E-state index contributed by atoms with van der Waals surface area (Å²) in [4.78, 5) is 16.6. The summed E-state index contributed by atoms with van der Waals surface area (Å²) < 4.78 is 26.7. The number of hydrogen-bond donors (Lipinski definition) is 0. The monoisotopic (exact) mass is 412 g/mol. The normalized spacial score (nSPS) is 10.7. The lowest BCUT2D eigenvalue weighted by Crippen LogP contribution is -2.07. The molecular weight excluding hydrogens is 388 g/mol. The van der Waals surface area contributed by atoms with Gasteiger partial charge in [0.05, 0.1) is 32.0 Å². The molecule has 30 heavy (non-hydrogen) atoms. The van der Waals surface area contributed by atoms with E-state index in [4.69, 9.17) is 23.5 Å². The molecule has 1 heterocycles. The van der Waals surface area contributed by atoms with Gasteiger partial charge in [0.1, 0.15) is 17.2 Å². The van der Waals surface area contributed by atoms with Gasteiger partial charge in [0.15, 0.2) is 6.61 Å². The van der Waals surface area contributed by atoms with E-state index in [0.717, 1.165) is 0 Å². The molecule has 0 saturated heterocycles. The third kappa shape index (κ3) is 5.28. The van der Waals surface area contributed by atoms with Gasteiger partial charge < -0.3 is 23.5 Å². The second kappa shape index (κ2) is 9.78. The fourth-order valence-corrected chi connectivity index (χ4v) is 2.59. The first-order valence-electron chi connectivity index (χ1n) is 9.45. The minimum Gasteiger partial charge on any atom is -0.497 e. The number of esters is 1. The maximum atomic E-state index is 12.4. The van der Waals surface area contributed by atoms with E-state index >= 15 is 0 Å². The molecule has 0 spiro atoms. The van der Waals surface area contributed by atoms with E-state index in [1.54, 1.807) is 56.7 Å². The highest BCUT2D eigenvalue weighted by molar-refractivity contribution is 5.89. The van der Waals surface area contributed by atoms with E-state index in [-0.39, 0.29) is 12.5 Å². The fourth-order valence-electron chi connectivity index (χ4n) is 2.59. The smallest absolute Gasteiger partial charge is 0.338 e. The molecule has 3 aromatic rings. The van der Waals surface area contributed by atoms with Crippen molar-refractivity contribution in [3.63, 3.8) is 0 Å². The minimum atomic E-state index is -0.508. The van der Waals surface area contributed by atoms with E-state index in [0.29, 0.717) is 46.7 Å². The van der Waals surface area contributed by atoms with Crippen molar-refractivity contribution in [2.45, 2.75) is 20.5 Å². The van der Waals surface area contributed by atoms with Gasteiger partial charge in [-0.3, -0.25) is 0 Å². The Kier molecular flexibility index (Phi) is 6.90. The van der Waals surface area contributed by atoms with Crippen LogP contribution in [0.5, 0.6) is 17.2 Å². The van der Waals surface area contributed by atoms with Crippen LogP contribution in [0.15, 0.2) is 47.0 Å². The summed E-state index contributed by atoms with van der Waals surface area (Å²) in [6.45, 7) is 4.52. The van der Waals surface area contributed by atoms with Crippen molar-refractivity contribution in [2.24, 2.45) is 5.92 Å². The lowest BCUT2D eigenvalue weighted by Gasteiger charge is -2.09. The molecule has 0 atom stereocenters. The van der Waals surface area contributed by atoms with Gasteiger partial charge in [-0.05, 0) is 36.2 Å². The van der Waals surface area contributed by atoms with Crippen LogP contribution in [0.1, 0.15) is 30.1 Å². The number of aromatic nitrogens is 2. The molecule has 1 aromatic heterocycles. The molecule has 0 amide bonds. The van der Waals surface area contributed by atoms with Crippen LogP contribution in [0.25, 0.3) is 11.4 Å². The average Bonchev–Trinajstić information content (AvgIpc) is 3.24. The highest BCUT2D eigenvalue weighted by Crippen LogP contribution is 2.31. The quantitative estimate of drug-likeness (QED) is 0.484. The van der Waals surface area contributed by atoms with Gasteiger partial charge in [0, 0.05) is 6.07 Å². The highest BCUT2D eigenvalue weighted by Gasteiger charge is 2.16. The zero-order valence-corrected chi connectivity index (χ0v) is 17.4. The first kappa shape index (κ1) is 21.2. The van der Waals surface area contributed by atoms with Gasteiger partial charge in [0.2, 0.25) is 5.82 Å². The summed E-state index contributed by atoms with van der Waals surface area (Å²) in [5.74, 6) is 2.17. The zero-order chi connectivity index (χ0) is 21.5.